The van der Waals surface area contributed by atoms with Crippen LogP contribution < -0.4 is 4.72 Å². The summed E-state index contributed by atoms with van der Waals surface area (Å²) in [6.45, 7) is 3.86. The normalized spacial score (nSPS) is 25.0. The highest BCUT2D eigenvalue weighted by Gasteiger charge is 2.46. The molecule has 0 saturated carbocycles. The van der Waals surface area contributed by atoms with Gasteiger partial charge in [-0.15, -0.1) is 0 Å². The Bertz CT molecular complexity index is 590. The summed E-state index contributed by atoms with van der Waals surface area (Å²) in [5.74, 6) is 0.283. The van der Waals surface area contributed by atoms with Crippen LogP contribution in [0, 0.1) is 5.92 Å². The van der Waals surface area contributed by atoms with E-state index in [2.05, 4.69) is 14.6 Å². The first-order chi connectivity index (χ1) is 10.4. The molecule has 1 spiro atoms. The van der Waals surface area contributed by atoms with Crippen molar-refractivity contribution in [2.24, 2.45) is 5.92 Å². The first-order valence-electron chi connectivity index (χ1n) is 7.65. The van der Waals surface area contributed by atoms with E-state index in [9.17, 15) is 8.42 Å². The van der Waals surface area contributed by atoms with Gasteiger partial charge in [0.2, 0.25) is 10.0 Å². The molecule has 1 unspecified atom stereocenters. The molecular weight excluding hydrogens is 302 g/mol. The summed E-state index contributed by atoms with van der Waals surface area (Å²) in [6, 6.07) is 5.98. The maximum absolute atomic E-state index is 11.1. The Labute approximate surface area is 131 Å². The van der Waals surface area contributed by atoms with Crippen LogP contribution in [0.25, 0.3) is 0 Å². The van der Waals surface area contributed by atoms with E-state index in [4.69, 9.17) is 4.74 Å². The van der Waals surface area contributed by atoms with Gasteiger partial charge in [-0.05, 0) is 30.9 Å². The van der Waals surface area contributed by atoms with E-state index in [0.29, 0.717) is 13.2 Å². The lowest BCUT2D eigenvalue weighted by atomic mass is 9.83. The molecule has 3 rings (SSSR count). The number of hydrogen-bond acceptors (Lipinski definition) is 5. The number of pyridine rings is 1. The van der Waals surface area contributed by atoms with E-state index in [-0.39, 0.29) is 11.5 Å². The number of likely N-dealkylation sites (tertiary alicyclic amines) is 1. The maximum Gasteiger partial charge on any atom is 0.208 e. The van der Waals surface area contributed by atoms with E-state index < -0.39 is 10.0 Å². The fourth-order valence-electron chi connectivity index (χ4n) is 3.20. The van der Waals surface area contributed by atoms with Crippen LogP contribution in [0.4, 0.5) is 0 Å². The van der Waals surface area contributed by atoms with Gasteiger partial charge in [0, 0.05) is 32.4 Å². The minimum atomic E-state index is -3.11. The van der Waals surface area contributed by atoms with Crippen molar-refractivity contribution in [2.45, 2.75) is 25.0 Å². The van der Waals surface area contributed by atoms with Crippen molar-refractivity contribution >= 4 is 10.0 Å². The second-order valence-corrected chi connectivity index (χ2v) is 8.32. The van der Waals surface area contributed by atoms with Crippen molar-refractivity contribution in [3.05, 3.63) is 30.1 Å². The van der Waals surface area contributed by atoms with Crippen molar-refractivity contribution in [3.63, 3.8) is 0 Å². The van der Waals surface area contributed by atoms with Crippen molar-refractivity contribution in [1.82, 2.24) is 14.6 Å². The zero-order chi connectivity index (χ0) is 15.6. The Morgan fingerprint density at radius 1 is 1.45 bits per heavy atom. The highest BCUT2D eigenvalue weighted by molar-refractivity contribution is 7.88. The average molecular weight is 325 g/mol. The Balaban J connectivity index is 1.41. The van der Waals surface area contributed by atoms with Crippen LogP contribution in [0.1, 0.15) is 18.5 Å². The first kappa shape index (κ1) is 15.9. The molecule has 0 bridgehead atoms. The smallest absolute Gasteiger partial charge is 0.208 e. The molecule has 2 saturated heterocycles. The van der Waals surface area contributed by atoms with Crippen LogP contribution >= 0.6 is 0 Å². The summed E-state index contributed by atoms with van der Waals surface area (Å²) in [5, 5.41) is 0. The van der Waals surface area contributed by atoms with Gasteiger partial charge in [-0.1, -0.05) is 6.07 Å². The second-order valence-electron chi connectivity index (χ2n) is 6.49. The molecule has 0 amide bonds. The standard InChI is InChI=1S/C15H23N3O3S/c1-22(19,20)17-8-13-5-6-15(21-10-13)11-18(12-15)9-14-4-2-3-7-16-14/h2-4,7,13,17H,5-6,8-12H2,1H3. The molecule has 122 valence electrons. The molecule has 1 aromatic rings. The third-order valence-electron chi connectivity index (χ3n) is 4.40. The molecule has 6 nitrogen and oxygen atoms in total. The first-order valence-corrected chi connectivity index (χ1v) is 9.54. The zero-order valence-corrected chi connectivity index (χ0v) is 13.7. The van der Waals surface area contributed by atoms with Crippen LogP contribution in [-0.2, 0) is 21.3 Å². The summed E-state index contributed by atoms with van der Waals surface area (Å²) < 4.78 is 30.9. The molecule has 1 aromatic heterocycles. The zero-order valence-electron chi connectivity index (χ0n) is 12.9. The lowest BCUT2D eigenvalue weighted by Gasteiger charge is -2.52. The lowest BCUT2D eigenvalue weighted by molar-refractivity contribution is -0.181. The van der Waals surface area contributed by atoms with Gasteiger partial charge in [-0.25, -0.2) is 13.1 Å². The van der Waals surface area contributed by atoms with Gasteiger partial charge in [-0.2, -0.15) is 0 Å². The predicted octanol–water partition coefficient (Wildman–Crippen LogP) is 0.612. The van der Waals surface area contributed by atoms with Crippen molar-refractivity contribution in [3.8, 4) is 0 Å². The van der Waals surface area contributed by atoms with Crippen LogP contribution in [0.3, 0.4) is 0 Å². The molecule has 1 N–H and O–H groups in total. The monoisotopic (exact) mass is 325 g/mol. The maximum atomic E-state index is 11.1. The number of nitrogens with zero attached hydrogens (tertiary/aromatic N) is 2. The highest BCUT2D eigenvalue weighted by atomic mass is 32.2. The van der Waals surface area contributed by atoms with Crippen LogP contribution in [-0.4, -0.2) is 56.4 Å². The van der Waals surface area contributed by atoms with Gasteiger partial charge in [-0.3, -0.25) is 9.88 Å². The topological polar surface area (TPSA) is 71.5 Å². The third kappa shape index (κ3) is 4.04. The van der Waals surface area contributed by atoms with Crippen molar-refractivity contribution in [2.75, 3.05) is 32.5 Å². The van der Waals surface area contributed by atoms with E-state index in [1.165, 1.54) is 6.26 Å². The molecule has 1 atom stereocenters. The highest BCUT2D eigenvalue weighted by Crippen LogP contribution is 2.36. The molecule has 3 heterocycles. The summed E-state index contributed by atoms with van der Waals surface area (Å²) in [5.41, 5.74) is 1.07. The van der Waals surface area contributed by atoms with E-state index in [0.717, 1.165) is 38.2 Å². The minimum Gasteiger partial charge on any atom is -0.372 e. The van der Waals surface area contributed by atoms with Gasteiger partial charge in [0.15, 0.2) is 0 Å². The fraction of sp³-hybridized carbons (Fsp3) is 0.667. The average Bonchev–Trinajstić information content (AvgIpc) is 2.45. The lowest BCUT2D eigenvalue weighted by Crippen LogP contribution is -2.64. The van der Waals surface area contributed by atoms with Gasteiger partial charge >= 0.3 is 0 Å². The molecular formula is C15H23N3O3S. The van der Waals surface area contributed by atoms with Gasteiger partial charge in [0.25, 0.3) is 0 Å². The predicted molar refractivity (Wildman–Crippen MR) is 83.8 cm³/mol. The van der Waals surface area contributed by atoms with Gasteiger partial charge in [0.05, 0.1) is 24.2 Å². The number of ether oxygens (including phenoxy) is 1. The van der Waals surface area contributed by atoms with Crippen LogP contribution in [0.15, 0.2) is 24.4 Å². The SMILES string of the molecule is CS(=O)(=O)NCC1CCC2(CN(Cc3ccccn3)C2)OC1. The number of nitrogens with one attached hydrogen (secondary N) is 1. The summed E-state index contributed by atoms with van der Waals surface area (Å²) >= 11 is 0. The third-order valence-corrected chi connectivity index (χ3v) is 5.09. The molecule has 0 aliphatic carbocycles. The number of hydrogen-bond donors (Lipinski definition) is 1. The number of rotatable bonds is 5. The van der Waals surface area contributed by atoms with E-state index in [1.54, 1.807) is 0 Å². The van der Waals surface area contributed by atoms with Crippen molar-refractivity contribution < 1.29 is 13.2 Å². The summed E-state index contributed by atoms with van der Waals surface area (Å²) in [6.07, 6.45) is 5.03. The van der Waals surface area contributed by atoms with Gasteiger partial charge < -0.3 is 4.74 Å². The Kier molecular flexibility index (Phi) is 4.49. The van der Waals surface area contributed by atoms with Crippen LogP contribution in [0.5, 0.6) is 0 Å². The molecule has 22 heavy (non-hydrogen) atoms. The second kappa shape index (κ2) is 6.23. The molecule has 0 aromatic carbocycles. The Morgan fingerprint density at radius 2 is 2.27 bits per heavy atom. The molecule has 7 heteroatoms. The Morgan fingerprint density at radius 3 is 2.86 bits per heavy atom. The van der Waals surface area contributed by atoms with E-state index in [1.807, 2.05) is 24.4 Å². The molecule has 2 aliphatic heterocycles. The van der Waals surface area contributed by atoms with Crippen LogP contribution in [0.2, 0.25) is 0 Å². The quantitative estimate of drug-likeness (QED) is 0.859. The van der Waals surface area contributed by atoms with Crippen molar-refractivity contribution in [1.29, 1.82) is 0 Å². The number of aromatic nitrogens is 1. The molecule has 2 aliphatic rings. The summed E-state index contributed by atoms with van der Waals surface area (Å²) in [4.78, 5) is 6.69. The minimum absolute atomic E-state index is 0.0175. The summed E-state index contributed by atoms with van der Waals surface area (Å²) in [7, 11) is -3.11. The van der Waals surface area contributed by atoms with Gasteiger partial charge in [0.1, 0.15) is 0 Å². The van der Waals surface area contributed by atoms with E-state index >= 15 is 0 Å². The largest absolute Gasteiger partial charge is 0.372 e. The number of sulfonamides is 1. The Hall–Kier alpha value is -1.02. The fourth-order valence-corrected chi connectivity index (χ4v) is 3.74. The molecule has 2 fully saturated rings. The molecule has 0 radical (unpaired) electrons.